The van der Waals surface area contributed by atoms with E-state index in [0.29, 0.717) is 25.2 Å². The maximum absolute atomic E-state index is 12.5. The van der Waals surface area contributed by atoms with E-state index in [0.717, 1.165) is 44.1 Å². The number of rotatable bonds is 9. The molecule has 0 aromatic carbocycles. The van der Waals surface area contributed by atoms with Gasteiger partial charge in [0.1, 0.15) is 42.7 Å². The Morgan fingerprint density at radius 3 is 2.09 bits per heavy atom. The van der Waals surface area contributed by atoms with Crippen molar-refractivity contribution in [2.24, 2.45) is 45.3 Å². The zero-order chi connectivity index (χ0) is 39.9. The minimum absolute atomic E-state index is 0.0182. The molecule has 4 aliphatic carbocycles. The van der Waals surface area contributed by atoms with E-state index in [1.807, 2.05) is 20.8 Å². The average Bonchev–Trinajstić information content (AvgIpc) is 3.49. The van der Waals surface area contributed by atoms with E-state index < -0.39 is 79.7 Å². The van der Waals surface area contributed by atoms with E-state index in [1.165, 1.54) is 6.92 Å². The third-order valence-corrected chi connectivity index (χ3v) is 16.7. The second-order valence-electron chi connectivity index (χ2n) is 20.1. The van der Waals surface area contributed by atoms with Gasteiger partial charge in [-0.05, 0) is 131 Å². The monoisotopic (exact) mass is 769 g/mol. The van der Waals surface area contributed by atoms with Crippen LogP contribution in [0.3, 0.4) is 0 Å². The minimum Gasteiger partial charge on any atom is -0.394 e. The Labute approximate surface area is 322 Å². The van der Waals surface area contributed by atoms with Crippen molar-refractivity contribution in [3.05, 3.63) is 11.6 Å². The fraction of sp³-hybridized carbons (Fsp3) is 0.952. The molecule has 12 nitrogen and oxygen atoms in total. The molecule has 6 rings (SSSR count). The van der Waals surface area contributed by atoms with Gasteiger partial charge in [0.05, 0.1) is 30.5 Å². The number of ether oxygens (including phenoxy) is 4. The molecule has 0 radical (unpaired) electrons. The van der Waals surface area contributed by atoms with Gasteiger partial charge in [-0.3, -0.25) is 0 Å². The van der Waals surface area contributed by atoms with Gasteiger partial charge in [-0.25, -0.2) is 0 Å². The molecule has 2 saturated heterocycles. The Morgan fingerprint density at radius 1 is 0.778 bits per heavy atom. The van der Waals surface area contributed by atoms with Crippen LogP contribution in [0.15, 0.2) is 11.6 Å². The molecule has 2 aliphatic heterocycles. The molecule has 0 unspecified atom stereocenters. The number of hydrogen-bond donors (Lipinski definition) is 8. The van der Waals surface area contributed by atoms with Gasteiger partial charge in [0.25, 0.3) is 0 Å². The van der Waals surface area contributed by atoms with Gasteiger partial charge in [-0.2, -0.15) is 0 Å². The van der Waals surface area contributed by atoms with E-state index in [9.17, 15) is 40.9 Å². The summed E-state index contributed by atoms with van der Waals surface area (Å²) in [5.74, 6) is 0.383. The van der Waals surface area contributed by atoms with Crippen LogP contribution in [0.1, 0.15) is 120 Å². The van der Waals surface area contributed by atoms with Gasteiger partial charge >= 0.3 is 0 Å². The van der Waals surface area contributed by atoms with Gasteiger partial charge in [-0.15, -0.1) is 0 Å². The van der Waals surface area contributed by atoms with Crippen LogP contribution >= 0.6 is 0 Å². The summed E-state index contributed by atoms with van der Waals surface area (Å²) in [6.07, 6.45) is -5.60. The first-order valence-electron chi connectivity index (χ1n) is 20.7. The molecule has 8 N–H and O–H groups in total. The maximum Gasteiger partial charge on any atom is 0.187 e. The Bertz CT molecular complexity index is 1360. The molecule has 6 fully saturated rings. The first-order valence-corrected chi connectivity index (χ1v) is 20.7. The van der Waals surface area contributed by atoms with Crippen molar-refractivity contribution < 1.29 is 59.8 Å². The quantitative estimate of drug-likeness (QED) is 0.160. The third kappa shape index (κ3) is 6.77. The highest BCUT2D eigenvalue weighted by atomic mass is 16.8. The summed E-state index contributed by atoms with van der Waals surface area (Å²) in [7, 11) is 0. The van der Waals surface area contributed by atoms with Gasteiger partial charge in [-0.1, -0.05) is 46.3 Å². The van der Waals surface area contributed by atoms with Crippen molar-refractivity contribution in [2.45, 2.75) is 199 Å². The summed E-state index contributed by atoms with van der Waals surface area (Å²) < 4.78 is 25.1. The van der Waals surface area contributed by atoms with E-state index in [1.54, 1.807) is 0 Å². The summed E-state index contributed by atoms with van der Waals surface area (Å²) in [6.45, 7) is 18.8. The van der Waals surface area contributed by atoms with Crippen molar-refractivity contribution in [3.8, 4) is 0 Å². The molecule has 0 aromatic rings. The topological polar surface area (TPSA) is 199 Å². The molecular formula is C42H72O12. The molecule has 20 atom stereocenters. The standard InChI is InChI=1S/C42H72O12/c1-21(2)11-10-15-42(9,54-37-35(33(49)31(47)25(20-43)52-37)53-36-34(50)32(48)30(46)22(3)51-36)23-12-17-41(8)29(23)24(44)19-27-39(6)16-14-28(45)38(4,5)26(39)13-18-40(27,41)7/h11,22-37,43-50H,10,12-20H2,1-9H3/t22-,23-,24+,25+,26-,27+,28-,29-,30-,31+,32+,33-,34+,35+,36-,37-,39-,40+,41+,42-/m0/s1. The molecule has 2 heterocycles. The predicted octanol–water partition coefficient (Wildman–Crippen LogP) is 3.18. The average molecular weight is 769 g/mol. The highest BCUT2D eigenvalue weighted by molar-refractivity contribution is 5.20. The molecule has 312 valence electrons. The number of fused-ring (bicyclic) bond motifs is 5. The van der Waals surface area contributed by atoms with Crippen LogP contribution in [0.4, 0.5) is 0 Å². The first kappa shape index (κ1) is 42.9. The maximum atomic E-state index is 12.5. The van der Waals surface area contributed by atoms with Crippen molar-refractivity contribution in [3.63, 3.8) is 0 Å². The molecule has 4 saturated carbocycles. The zero-order valence-electron chi connectivity index (χ0n) is 34.1. The highest BCUT2D eigenvalue weighted by Crippen LogP contribution is 2.76. The third-order valence-electron chi connectivity index (χ3n) is 16.7. The van der Waals surface area contributed by atoms with Crippen LogP contribution < -0.4 is 0 Å². The summed E-state index contributed by atoms with van der Waals surface area (Å²) in [5, 5.41) is 87.9. The largest absolute Gasteiger partial charge is 0.394 e. The predicted molar refractivity (Wildman–Crippen MR) is 200 cm³/mol. The van der Waals surface area contributed by atoms with Crippen molar-refractivity contribution in [1.29, 1.82) is 0 Å². The summed E-state index contributed by atoms with van der Waals surface area (Å²) in [6, 6.07) is 0. The molecule has 0 amide bonds. The second-order valence-corrected chi connectivity index (χ2v) is 20.1. The van der Waals surface area contributed by atoms with Gasteiger partial charge in [0.15, 0.2) is 12.6 Å². The Kier molecular flexibility index (Phi) is 12.0. The second kappa shape index (κ2) is 15.1. The summed E-state index contributed by atoms with van der Waals surface area (Å²) in [5.41, 5.74) is -0.309. The SMILES string of the molecule is CC(C)=CCC[C@](C)(O[C@@H]1O[C@H](CO)[C@@H](O)[C@H](O)[C@H]1O[C@@H]1O[C@@H](C)[C@H](O)[C@@H](O)[C@H]1O)[C@H]1CC[C@]2(C)[C@@H]1[C@H](O)C[C@@H]1[C@@]3(C)CC[C@H](O)C(C)(C)[C@@H]3CC[C@]12C. The molecule has 0 bridgehead atoms. The van der Waals surface area contributed by atoms with E-state index in [2.05, 4.69) is 40.7 Å². The molecule has 6 aliphatic rings. The molecular weight excluding hydrogens is 696 g/mol. The fourth-order valence-corrected chi connectivity index (χ4v) is 13.3. The Balaban J connectivity index is 1.34. The lowest BCUT2D eigenvalue weighted by atomic mass is 9.35. The smallest absolute Gasteiger partial charge is 0.187 e. The lowest BCUT2D eigenvalue weighted by Gasteiger charge is -2.70. The van der Waals surface area contributed by atoms with Crippen molar-refractivity contribution >= 4 is 0 Å². The fourth-order valence-electron chi connectivity index (χ4n) is 13.3. The minimum atomic E-state index is -1.67. The molecule has 12 heteroatoms. The van der Waals surface area contributed by atoms with Crippen LogP contribution in [-0.4, -0.2) is 127 Å². The van der Waals surface area contributed by atoms with Crippen molar-refractivity contribution in [2.75, 3.05) is 6.61 Å². The van der Waals surface area contributed by atoms with Crippen LogP contribution in [0.5, 0.6) is 0 Å². The van der Waals surface area contributed by atoms with Gasteiger partial charge in [0.2, 0.25) is 0 Å². The molecule has 54 heavy (non-hydrogen) atoms. The van der Waals surface area contributed by atoms with Crippen LogP contribution in [0, 0.1) is 45.3 Å². The zero-order valence-corrected chi connectivity index (χ0v) is 34.1. The normalized spacial score (nSPS) is 52.8. The number of hydrogen-bond acceptors (Lipinski definition) is 12. The lowest BCUT2D eigenvalue weighted by Crippen LogP contribution is -2.67. The summed E-state index contributed by atoms with van der Waals surface area (Å²) in [4.78, 5) is 0. The van der Waals surface area contributed by atoms with Crippen molar-refractivity contribution in [1.82, 2.24) is 0 Å². The van der Waals surface area contributed by atoms with Crippen LogP contribution in [0.25, 0.3) is 0 Å². The number of allylic oxidation sites excluding steroid dienone is 2. The van der Waals surface area contributed by atoms with E-state index >= 15 is 0 Å². The Hall–Kier alpha value is -0.740. The van der Waals surface area contributed by atoms with Crippen LogP contribution in [0.2, 0.25) is 0 Å². The van der Waals surface area contributed by atoms with E-state index in [-0.39, 0.29) is 45.5 Å². The first-order chi connectivity index (χ1) is 25.1. The number of aliphatic hydroxyl groups is 8. The number of aliphatic hydroxyl groups excluding tert-OH is 8. The highest BCUT2D eigenvalue weighted by Gasteiger charge is 2.71. The Morgan fingerprint density at radius 2 is 1.44 bits per heavy atom. The summed E-state index contributed by atoms with van der Waals surface area (Å²) >= 11 is 0. The molecule has 0 spiro atoms. The van der Waals surface area contributed by atoms with Crippen LogP contribution in [-0.2, 0) is 18.9 Å². The van der Waals surface area contributed by atoms with Gasteiger partial charge in [0, 0.05) is 0 Å². The van der Waals surface area contributed by atoms with Gasteiger partial charge < -0.3 is 59.8 Å². The molecule has 0 aromatic heterocycles. The lowest BCUT2D eigenvalue weighted by molar-refractivity contribution is -0.380. The van der Waals surface area contributed by atoms with E-state index in [4.69, 9.17) is 18.9 Å².